The van der Waals surface area contributed by atoms with Crippen molar-refractivity contribution in [1.29, 1.82) is 0 Å². The van der Waals surface area contributed by atoms with Crippen LogP contribution in [0, 0.1) is 17.6 Å². The fourth-order valence-corrected chi connectivity index (χ4v) is 5.92. The SMILES string of the molecule is CC1C=CC(C23CNCCN2c2cc(F)c(Cl)c(-c4c(C(N)=O)ccc(OCCO)c4F)c2C3)=CC(F)=C1. The van der Waals surface area contributed by atoms with Crippen molar-refractivity contribution in [3.8, 4) is 16.9 Å². The molecule has 200 valence electrons. The summed E-state index contributed by atoms with van der Waals surface area (Å²) in [6.07, 6.45) is 6.99. The van der Waals surface area contributed by atoms with Gasteiger partial charge in [-0.2, -0.15) is 0 Å². The van der Waals surface area contributed by atoms with Crippen molar-refractivity contribution >= 4 is 23.2 Å². The van der Waals surface area contributed by atoms with Crippen molar-refractivity contribution < 1.29 is 27.8 Å². The van der Waals surface area contributed by atoms with Crippen LogP contribution in [0.5, 0.6) is 5.75 Å². The Morgan fingerprint density at radius 1 is 1.32 bits per heavy atom. The molecular formula is C28H27ClF3N3O3. The third kappa shape index (κ3) is 4.28. The van der Waals surface area contributed by atoms with Crippen LogP contribution < -0.4 is 20.7 Å². The van der Waals surface area contributed by atoms with Gasteiger partial charge in [0.15, 0.2) is 11.6 Å². The minimum atomic E-state index is -0.946. The number of primary amides is 1. The van der Waals surface area contributed by atoms with E-state index in [1.807, 2.05) is 24.0 Å². The van der Waals surface area contributed by atoms with Gasteiger partial charge in [-0.15, -0.1) is 0 Å². The van der Waals surface area contributed by atoms with Gasteiger partial charge in [-0.25, -0.2) is 13.2 Å². The lowest BCUT2D eigenvalue weighted by molar-refractivity contribution is 0.100. The van der Waals surface area contributed by atoms with Crippen LogP contribution in [-0.4, -0.2) is 49.4 Å². The second-order valence-corrected chi connectivity index (χ2v) is 10.1. The van der Waals surface area contributed by atoms with Crippen molar-refractivity contribution in [1.82, 2.24) is 5.32 Å². The molecule has 1 saturated heterocycles. The predicted molar refractivity (Wildman–Crippen MR) is 140 cm³/mol. The van der Waals surface area contributed by atoms with Crippen LogP contribution in [0.3, 0.4) is 0 Å². The van der Waals surface area contributed by atoms with Crippen LogP contribution in [0.1, 0.15) is 22.8 Å². The van der Waals surface area contributed by atoms with Gasteiger partial charge in [-0.1, -0.05) is 30.7 Å². The van der Waals surface area contributed by atoms with E-state index in [9.17, 15) is 9.18 Å². The molecule has 1 fully saturated rings. The summed E-state index contributed by atoms with van der Waals surface area (Å²) < 4.78 is 51.5. The van der Waals surface area contributed by atoms with E-state index < -0.39 is 23.1 Å². The van der Waals surface area contributed by atoms with E-state index in [1.165, 1.54) is 30.4 Å². The maximum atomic E-state index is 16.0. The van der Waals surface area contributed by atoms with Crippen LogP contribution in [0.4, 0.5) is 18.9 Å². The van der Waals surface area contributed by atoms with Crippen molar-refractivity contribution in [2.45, 2.75) is 18.9 Å². The Kier molecular flexibility index (Phi) is 7.02. The smallest absolute Gasteiger partial charge is 0.249 e. The number of ether oxygens (including phenoxy) is 1. The highest BCUT2D eigenvalue weighted by molar-refractivity contribution is 6.34. The number of hydrogen-bond acceptors (Lipinski definition) is 5. The lowest BCUT2D eigenvalue weighted by Gasteiger charge is -2.45. The van der Waals surface area contributed by atoms with Crippen molar-refractivity contribution in [3.63, 3.8) is 0 Å². The number of allylic oxidation sites excluding steroid dienone is 4. The summed E-state index contributed by atoms with van der Waals surface area (Å²) in [5, 5.41) is 12.1. The zero-order valence-electron chi connectivity index (χ0n) is 20.7. The zero-order chi connectivity index (χ0) is 27.2. The largest absolute Gasteiger partial charge is 0.488 e. The maximum Gasteiger partial charge on any atom is 0.249 e. The molecule has 0 spiro atoms. The molecule has 2 aliphatic heterocycles. The monoisotopic (exact) mass is 545 g/mol. The molecule has 0 saturated carbocycles. The Hall–Kier alpha value is -3.27. The molecule has 0 bridgehead atoms. The second kappa shape index (κ2) is 10.1. The lowest BCUT2D eigenvalue weighted by Crippen LogP contribution is -2.61. The number of rotatable bonds is 6. The summed E-state index contributed by atoms with van der Waals surface area (Å²) in [4.78, 5) is 14.4. The first-order valence-corrected chi connectivity index (χ1v) is 12.7. The molecule has 5 rings (SSSR count). The molecule has 2 aromatic carbocycles. The van der Waals surface area contributed by atoms with Gasteiger partial charge in [0.2, 0.25) is 5.91 Å². The number of benzene rings is 2. The Bertz CT molecular complexity index is 1410. The van der Waals surface area contributed by atoms with E-state index >= 15 is 8.78 Å². The number of halogens is 4. The summed E-state index contributed by atoms with van der Waals surface area (Å²) in [6.45, 7) is 2.81. The van der Waals surface area contributed by atoms with E-state index in [2.05, 4.69) is 5.32 Å². The van der Waals surface area contributed by atoms with Gasteiger partial charge in [-0.05, 0) is 47.4 Å². The Labute approximate surface area is 223 Å². The number of anilines is 1. The van der Waals surface area contributed by atoms with Crippen molar-refractivity contribution in [2.24, 2.45) is 11.7 Å². The number of carbonyl (C=O) groups is 1. The van der Waals surface area contributed by atoms with Crippen LogP contribution in [0.15, 0.2) is 53.9 Å². The first-order valence-electron chi connectivity index (χ1n) is 12.3. The minimum Gasteiger partial charge on any atom is -0.488 e. The third-order valence-electron chi connectivity index (χ3n) is 7.31. The highest BCUT2D eigenvalue weighted by Gasteiger charge is 2.49. The molecule has 2 atom stereocenters. The summed E-state index contributed by atoms with van der Waals surface area (Å²) in [6, 6.07) is 3.82. The van der Waals surface area contributed by atoms with Crippen LogP contribution in [0.2, 0.25) is 5.02 Å². The Morgan fingerprint density at radius 2 is 2.11 bits per heavy atom. The van der Waals surface area contributed by atoms with Crippen LogP contribution in [0.25, 0.3) is 11.1 Å². The minimum absolute atomic E-state index is 0.00114. The standard InChI is InChI=1S/C28H27ClF3N3O3/c1-15-2-3-16(11-17(30)10-15)28-13-19-21(35(28)7-6-34-14-28)12-20(31)25(29)23(19)24-18(27(33)37)4-5-22(26(24)32)38-9-8-36/h2-5,10-12,15,34,36H,6-9,13-14H2,1H3,(H2,33,37). The second-order valence-electron chi connectivity index (χ2n) is 9.69. The average molecular weight is 546 g/mol. The van der Waals surface area contributed by atoms with Gasteiger partial charge >= 0.3 is 0 Å². The number of hydrogen-bond donors (Lipinski definition) is 3. The van der Waals surface area contributed by atoms with E-state index in [1.54, 1.807) is 0 Å². The average Bonchev–Trinajstić information content (AvgIpc) is 3.10. The number of aliphatic hydroxyl groups is 1. The molecule has 4 N–H and O–H groups in total. The van der Waals surface area contributed by atoms with E-state index in [4.69, 9.17) is 27.2 Å². The van der Waals surface area contributed by atoms with Gasteiger partial charge in [0, 0.05) is 42.9 Å². The molecular weight excluding hydrogens is 519 g/mol. The molecule has 1 amide bonds. The number of nitrogens with zero attached hydrogens (tertiary/aromatic N) is 1. The third-order valence-corrected chi connectivity index (χ3v) is 7.68. The lowest BCUT2D eigenvalue weighted by atomic mass is 9.82. The van der Waals surface area contributed by atoms with E-state index in [0.717, 1.165) is 0 Å². The number of amides is 1. The predicted octanol–water partition coefficient (Wildman–Crippen LogP) is 4.45. The highest BCUT2D eigenvalue weighted by atomic mass is 35.5. The number of piperazine rings is 1. The quantitative estimate of drug-likeness (QED) is 0.499. The zero-order valence-corrected chi connectivity index (χ0v) is 21.4. The molecule has 0 radical (unpaired) electrons. The fraction of sp³-hybridized carbons (Fsp3) is 0.321. The van der Waals surface area contributed by atoms with Gasteiger partial charge in [0.1, 0.15) is 18.3 Å². The molecule has 2 heterocycles. The van der Waals surface area contributed by atoms with E-state index in [-0.39, 0.29) is 58.8 Å². The molecule has 2 unspecified atom stereocenters. The van der Waals surface area contributed by atoms with E-state index in [0.29, 0.717) is 36.5 Å². The number of nitrogens with two attached hydrogens (primary N) is 1. The summed E-state index contributed by atoms with van der Waals surface area (Å²) in [5.74, 6) is -3.41. The Morgan fingerprint density at radius 3 is 2.84 bits per heavy atom. The van der Waals surface area contributed by atoms with Gasteiger partial charge in [0.25, 0.3) is 0 Å². The molecule has 2 aromatic rings. The number of carbonyl (C=O) groups excluding carboxylic acids is 1. The topological polar surface area (TPSA) is 87.8 Å². The molecule has 6 nitrogen and oxygen atoms in total. The summed E-state index contributed by atoms with van der Waals surface area (Å²) >= 11 is 6.51. The van der Waals surface area contributed by atoms with Crippen molar-refractivity contribution in [3.05, 3.63) is 81.7 Å². The summed E-state index contributed by atoms with van der Waals surface area (Å²) in [5.41, 5.74) is 5.99. The number of aliphatic hydroxyl groups excluding tert-OH is 1. The van der Waals surface area contributed by atoms with Gasteiger partial charge in [0.05, 0.1) is 22.7 Å². The van der Waals surface area contributed by atoms with Crippen molar-refractivity contribution in [2.75, 3.05) is 37.7 Å². The summed E-state index contributed by atoms with van der Waals surface area (Å²) in [7, 11) is 0. The number of nitrogens with one attached hydrogen (secondary N) is 1. The number of fused-ring (bicyclic) bond motifs is 3. The molecule has 3 aliphatic rings. The molecule has 1 aliphatic carbocycles. The highest BCUT2D eigenvalue weighted by Crippen LogP contribution is 2.52. The first-order chi connectivity index (χ1) is 18.2. The fourth-order valence-electron chi connectivity index (χ4n) is 5.66. The molecule has 0 aromatic heterocycles. The Balaban J connectivity index is 1.76. The molecule has 38 heavy (non-hydrogen) atoms. The van der Waals surface area contributed by atoms with Crippen LogP contribution >= 0.6 is 11.6 Å². The first kappa shape index (κ1) is 26.3. The maximum absolute atomic E-state index is 16.0. The van der Waals surface area contributed by atoms with Gasteiger partial charge in [-0.3, -0.25) is 4.79 Å². The van der Waals surface area contributed by atoms with Gasteiger partial charge < -0.3 is 25.8 Å². The van der Waals surface area contributed by atoms with Crippen LogP contribution in [-0.2, 0) is 6.42 Å². The normalized spacial score (nSPS) is 22.4. The molecule has 10 heteroatoms.